The third kappa shape index (κ3) is 4.79. The monoisotopic (exact) mass is 260 g/mol. The highest BCUT2D eigenvalue weighted by Crippen LogP contribution is 2.26. The molecule has 0 saturated carbocycles. The summed E-state index contributed by atoms with van der Waals surface area (Å²) in [6, 6.07) is 0. The van der Waals surface area contributed by atoms with Crippen molar-refractivity contribution in [1.29, 1.82) is 0 Å². The Kier molecular flexibility index (Phi) is 5.19. The number of amidine groups is 1. The van der Waals surface area contributed by atoms with Crippen LogP contribution in [0.2, 0.25) is 0 Å². The number of hydrogen-bond acceptors (Lipinski definition) is 2. The molecule has 0 amide bonds. The molecule has 1 aliphatic rings. The minimum Gasteiger partial charge on any atom is -0.338 e. The Balaban J connectivity index is 2.74. The van der Waals surface area contributed by atoms with Gasteiger partial charge < -0.3 is 5.32 Å². The lowest BCUT2D eigenvalue weighted by molar-refractivity contribution is 0.581. The molecular formula is C12H21ClN2S. The van der Waals surface area contributed by atoms with Crippen LogP contribution < -0.4 is 5.32 Å². The number of thioether (sulfide) groups is 1. The summed E-state index contributed by atoms with van der Waals surface area (Å²) in [5.74, 6) is 0. The number of nitrogens with one attached hydrogen (secondary N) is 1. The van der Waals surface area contributed by atoms with E-state index in [9.17, 15) is 0 Å². The Hall–Kier alpha value is -0.150. The molecule has 4 heteroatoms. The summed E-state index contributed by atoms with van der Waals surface area (Å²) in [6.07, 6.45) is 6.50. The molecule has 1 N–H and O–H groups in total. The van der Waals surface area contributed by atoms with Crippen molar-refractivity contribution in [3.63, 3.8) is 0 Å². The standard InChI is InChI=1S/C12H21ClN2S/c1-12(2,3)15-11(16-4)14-10-8-6-5-7-9(10)13/h5-8H2,1-4H3,(H,14,15). The zero-order valence-corrected chi connectivity index (χ0v) is 12.1. The molecule has 0 saturated heterocycles. The fourth-order valence-corrected chi connectivity index (χ4v) is 2.42. The lowest BCUT2D eigenvalue weighted by atomic mass is 10.0. The van der Waals surface area contributed by atoms with Crippen LogP contribution in [0.25, 0.3) is 0 Å². The zero-order chi connectivity index (χ0) is 12.2. The van der Waals surface area contributed by atoms with Crippen molar-refractivity contribution in [2.45, 2.75) is 52.0 Å². The van der Waals surface area contributed by atoms with Gasteiger partial charge in [-0.2, -0.15) is 0 Å². The van der Waals surface area contributed by atoms with Gasteiger partial charge in [0.1, 0.15) is 0 Å². The second-order valence-corrected chi connectivity index (χ2v) is 6.26. The summed E-state index contributed by atoms with van der Waals surface area (Å²) in [5.41, 5.74) is 1.11. The van der Waals surface area contributed by atoms with Gasteiger partial charge in [-0.05, 0) is 52.7 Å². The molecule has 0 spiro atoms. The van der Waals surface area contributed by atoms with Gasteiger partial charge in [0.15, 0.2) is 5.17 Å². The van der Waals surface area contributed by atoms with E-state index in [1.165, 1.54) is 12.8 Å². The first kappa shape index (κ1) is 13.9. The predicted molar refractivity (Wildman–Crippen MR) is 75.2 cm³/mol. The van der Waals surface area contributed by atoms with Crippen LogP contribution in [-0.2, 0) is 0 Å². The van der Waals surface area contributed by atoms with Gasteiger partial charge in [0.05, 0.1) is 5.54 Å². The van der Waals surface area contributed by atoms with Gasteiger partial charge in [-0.25, -0.2) is 0 Å². The highest BCUT2D eigenvalue weighted by molar-refractivity contribution is 8.13. The third-order valence-electron chi connectivity index (χ3n) is 2.29. The lowest BCUT2D eigenvalue weighted by Crippen LogP contribution is -2.25. The first-order valence-corrected chi connectivity index (χ1v) is 7.31. The van der Waals surface area contributed by atoms with Gasteiger partial charge in [-0.3, -0.25) is 4.99 Å². The minimum atomic E-state index is -0.0486. The van der Waals surface area contributed by atoms with E-state index >= 15 is 0 Å². The maximum absolute atomic E-state index is 6.21. The molecule has 0 unspecified atom stereocenters. The number of aliphatic imine (C=N–C) groups is 1. The van der Waals surface area contributed by atoms with E-state index in [1.807, 2.05) is 6.26 Å². The van der Waals surface area contributed by atoms with Crippen molar-refractivity contribution >= 4 is 28.5 Å². The average Bonchev–Trinajstić information content (AvgIpc) is 2.18. The van der Waals surface area contributed by atoms with Gasteiger partial charge >= 0.3 is 0 Å². The van der Waals surface area contributed by atoms with Crippen molar-refractivity contribution < 1.29 is 0 Å². The number of halogens is 1. The van der Waals surface area contributed by atoms with Crippen LogP contribution in [0.1, 0.15) is 46.5 Å². The van der Waals surface area contributed by atoms with Crippen LogP contribution in [-0.4, -0.2) is 17.0 Å². The van der Waals surface area contributed by atoms with Crippen LogP contribution in [0.4, 0.5) is 0 Å². The van der Waals surface area contributed by atoms with Crippen LogP contribution in [0, 0.1) is 0 Å². The first-order valence-electron chi connectivity index (χ1n) is 5.71. The summed E-state index contributed by atoms with van der Waals surface area (Å²) >= 11 is 7.85. The molecule has 0 atom stereocenters. The normalized spacial score (nSPS) is 18.9. The molecule has 0 aromatic heterocycles. The van der Waals surface area contributed by atoms with Gasteiger partial charge in [0.25, 0.3) is 0 Å². The van der Waals surface area contributed by atoms with Crippen LogP contribution in [0.5, 0.6) is 0 Å². The Labute approximate surface area is 108 Å². The predicted octanol–water partition coefficient (Wildman–Crippen LogP) is 4.12. The quantitative estimate of drug-likeness (QED) is 0.567. The molecular weight excluding hydrogens is 240 g/mol. The molecule has 0 radical (unpaired) electrons. The molecule has 2 nitrogen and oxygen atoms in total. The van der Waals surface area contributed by atoms with Crippen molar-refractivity contribution in [3.05, 3.63) is 10.7 Å². The summed E-state index contributed by atoms with van der Waals surface area (Å²) in [7, 11) is 0. The molecule has 0 fully saturated rings. The smallest absolute Gasteiger partial charge is 0.161 e. The van der Waals surface area contributed by atoms with Crippen molar-refractivity contribution in [1.82, 2.24) is 5.32 Å². The van der Waals surface area contributed by atoms with Crippen LogP contribution in [0.15, 0.2) is 15.7 Å². The molecule has 0 aliphatic heterocycles. The van der Waals surface area contributed by atoms with Crippen molar-refractivity contribution in [2.75, 3.05) is 6.26 Å². The van der Waals surface area contributed by atoms with E-state index in [1.54, 1.807) is 11.8 Å². The zero-order valence-electron chi connectivity index (χ0n) is 10.6. The van der Waals surface area contributed by atoms with Gasteiger partial charge in [0, 0.05) is 10.7 Å². The second kappa shape index (κ2) is 5.97. The third-order valence-corrected chi connectivity index (χ3v) is 3.29. The molecule has 0 aromatic carbocycles. The summed E-state index contributed by atoms with van der Waals surface area (Å²) in [4.78, 5) is 4.63. The van der Waals surface area contributed by atoms with E-state index in [-0.39, 0.29) is 5.54 Å². The van der Waals surface area contributed by atoms with E-state index in [2.05, 4.69) is 31.1 Å². The number of hydrogen-bond donors (Lipinski definition) is 1. The summed E-state index contributed by atoms with van der Waals surface area (Å²) in [6.45, 7) is 6.30. The molecule has 0 heterocycles. The first-order chi connectivity index (χ1) is 7.42. The Morgan fingerprint density at radius 1 is 1.31 bits per heavy atom. The largest absolute Gasteiger partial charge is 0.338 e. The van der Waals surface area contributed by atoms with E-state index in [0.717, 1.165) is 28.7 Å². The Bertz CT molecular complexity index is 303. The molecule has 1 rings (SSSR count). The van der Waals surface area contributed by atoms with Crippen molar-refractivity contribution in [2.24, 2.45) is 4.99 Å². The fraction of sp³-hybridized carbons (Fsp3) is 0.750. The molecule has 92 valence electrons. The van der Waals surface area contributed by atoms with Gasteiger partial charge in [-0.15, -0.1) is 0 Å². The summed E-state index contributed by atoms with van der Waals surface area (Å²) in [5, 5.41) is 5.31. The van der Waals surface area contributed by atoms with E-state index in [0.29, 0.717) is 0 Å². The van der Waals surface area contributed by atoms with Crippen molar-refractivity contribution in [3.8, 4) is 0 Å². The second-order valence-electron chi connectivity index (χ2n) is 5.01. The lowest BCUT2D eigenvalue weighted by Gasteiger charge is -2.20. The number of allylic oxidation sites excluding steroid dienone is 2. The van der Waals surface area contributed by atoms with Gasteiger partial charge in [-0.1, -0.05) is 23.4 Å². The van der Waals surface area contributed by atoms with Crippen LogP contribution in [0.3, 0.4) is 0 Å². The molecule has 0 aromatic rings. The maximum Gasteiger partial charge on any atom is 0.161 e. The Morgan fingerprint density at radius 3 is 2.44 bits per heavy atom. The SMILES string of the molecule is CSC(=NC(C)(C)C)NC1=C(Cl)CCCC1. The maximum atomic E-state index is 6.21. The van der Waals surface area contributed by atoms with E-state index < -0.39 is 0 Å². The highest BCUT2D eigenvalue weighted by Gasteiger charge is 2.14. The van der Waals surface area contributed by atoms with Gasteiger partial charge in [0.2, 0.25) is 0 Å². The number of nitrogens with zero attached hydrogens (tertiary/aromatic N) is 1. The molecule has 16 heavy (non-hydrogen) atoms. The summed E-state index contributed by atoms with van der Waals surface area (Å²) < 4.78 is 0. The average molecular weight is 261 g/mol. The van der Waals surface area contributed by atoms with Crippen LogP contribution >= 0.6 is 23.4 Å². The molecule has 1 aliphatic carbocycles. The Morgan fingerprint density at radius 2 is 1.94 bits per heavy atom. The van der Waals surface area contributed by atoms with E-state index in [4.69, 9.17) is 11.6 Å². The highest BCUT2D eigenvalue weighted by atomic mass is 35.5. The topological polar surface area (TPSA) is 24.4 Å². The molecule has 0 bridgehead atoms. The fourth-order valence-electron chi connectivity index (χ4n) is 1.56. The number of rotatable bonds is 1. The minimum absolute atomic E-state index is 0.0486.